The molecule has 0 aromatic carbocycles. The molecule has 0 radical (unpaired) electrons. The number of nitrogens with one attached hydrogen (secondary N) is 1. The fourth-order valence-electron chi connectivity index (χ4n) is 7.01. The van der Waals surface area contributed by atoms with E-state index in [0.717, 1.165) is 41.3 Å². The summed E-state index contributed by atoms with van der Waals surface area (Å²) >= 11 is 0. The number of rotatable bonds is 9. The third kappa shape index (κ3) is 8.78. The normalized spacial score (nSPS) is 30.2. The lowest BCUT2D eigenvalue weighted by Gasteiger charge is -2.27. The van der Waals surface area contributed by atoms with Crippen molar-refractivity contribution < 1.29 is 48.3 Å². The van der Waals surface area contributed by atoms with Crippen molar-refractivity contribution in [3.05, 3.63) is 69.6 Å². The van der Waals surface area contributed by atoms with E-state index in [-0.39, 0.29) is 37.2 Å². The van der Waals surface area contributed by atoms with Crippen LogP contribution in [0.4, 0.5) is 0 Å². The first kappa shape index (κ1) is 39.2. The smallest absolute Gasteiger partial charge is 0.334 e. The van der Waals surface area contributed by atoms with Crippen molar-refractivity contribution in [2.75, 3.05) is 26.4 Å². The molecule has 12 heteroatoms. The topological polar surface area (TPSA) is 166 Å². The van der Waals surface area contributed by atoms with Gasteiger partial charge in [0.25, 0.3) is 0 Å². The SMILES string of the molecule is CC1=CCc2ccc([nH]2)C2=NC(C=C3C(=C(C)CCCO)COC3CC(C)C)C(COC(=O)C(CC(C)C)=CC(=O)OC3C1OC(=O)C3(C)CO)O2. The number of aliphatic imine (C=N–C) groups is 1. The molecule has 3 N–H and O–H groups in total. The van der Waals surface area contributed by atoms with Crippen LogP contribution < -0.4 is 0 Å². The van der Waals surface area contributed by atoms with E-state index in [2.05, 4.69) is 31.8 Å². The van der Waals surface area contributed by atoms with Gasteiger partial charge in [-0.15, -0.1) is 0 Å². The van der Waals surface area contributed by atoms with E-state index in [4.69, 9.17) is 28.7 Å². The minimum absolute atomic E-state index is 0.00163. The summed E-state index contributed by atoms with van der Waals surface area (Å²) in [5.41, 5.74) is 4.03. The fourth-order valence-corrected chi connectivity index (χ4v) is 7.01. The number of hydrogen-bond donors (Lipinski definition) is 3. The molecule has 1 aromatic rings. The van der Waals surface area contributed by atoms with Crippen molar-refractivity contribution in [2.45, 2.75) is 111 Å². The van der Waals surface area contributed by atoms with Gasteiger partial charge in [0.15, 0.2) is 18.3 Å². The molecule has 4 aliphatic heterocycles. The summed E-state index contributed by atoms with van der Waals surface area (Å²) < 4.78 is 30.1. The lowest BCUT2D eigenvalue weighted by atomic mass is 9.83. The average Bonchev–Trinajstić information content (AvgIpc) is 3.87. The van der Waals surface area contributed by atoms with E-state index in [9.17, 15) is 24.6 Å². The molecule has 2 fully saturated rings. The zero-order chi connectivity index (χ0) is 37.7. The average molecular weight is 723 g/mol. The standard InChI is InChI=1S/C40H54N2O10/c1-22(2)15-26-17-34(45)51-36-35(52-39(47)40(36,7)21-44)25(6)10-11-27-12-13-30(41-27)37-42-31(33(50-37)20-49-38(26)46)18-28-29(24(5)9-8-14-43)19-48-32(28)16-23(3)4/h10,12-13,17-18,22-23,31-33,35-36,41,43-44H,8-9,11,14-16,19-21H2,1-7H3. The van der Waals surface area contributed by atoms with Crippen molar-refractivity contribution in [3.63, 3.8) is 0 Å². The Bertz CT molecular complexity index is 1660. The summed E-state index contributed by atoms with van der Waals surface area (Å²) in [4.78, 5) is 48.4. The second kappa shape index (κ2) is 16.8. The van der Waals surface area contributed by atoms with Crippen molar-refractivity contribution in [3.8, 4) is 0 Å². The Balaban J connectivity index is 1.55. The Morgan fingerprint density at radius 1 is 1.10 bits per heavy atom. The van der Waals surface area contributed by atoms with Gasteiger partial charge < -0.3 is 38.9 Å². The van der Waals surface area contributed by atoms with Crippen LogP contribution in [-0.2, 0) is 44.5 Å². The van der Waals surface area contributed by atoms with Crippen LogP contribution in [0.5, 0.6) is 0 Å². The Hall–Kier alpha value is -4.00. The maximum absolute atomic E-state index is 13.7. The molecule has 284 valence electrons. The Kier molecular flexibility index (Phi) is 12.6. The van der Waals surface area contributed by atoms with Crippen molar-refractivity contribution in [1.82, 2.24) is 4.98 Å². The largest absolute Gasteiger partial charge is 0.467 e. The zero-order valence-electron chi connectivity index (χ0n) is 31.4. The lowest BCUT2D eigenvalue weighted by molar-refractivity contribution is -0.153. The number of aromatic nitrogens is 1. The van der Waals surface area contributed by atoms with Crippen molar-refractivity contribution in [1.29, 1.82) is 0 Å². The molecular weight excluding hydrogens is 668 g/mol. The zero-order valence-corrected chi connectivity index (χ0v) is 31.4. The number of carbonyl (C=O) groups is 3. The van der Waals surface area contributed by atoms with Gasteiger partial charge in [0, 0.05) is 30.4 Å². The van der Waals surface area contributed by atoms with E-state index >= 15 is 0 Å². The molecule has 6 unspecified atom stereocenters. The number of aliphatic hydroxyl groups excluding tert-OH is 2. The van der Waals surface area contributed by atoms with Gasteiger partial charge in [0.1, 0.15) is 23.8 Å². The minimum Gasteiger partial charge on any atom is -0.467 e. The van der Waals surface area contributed by atoms with E-state index in [1.807, 2.05) is 32.1 Å². The molecular formula is C40H54N2O10. The third-order valence-electron chi connectivity index (χ3n) is 10.1. The van der Waals surface area contributed by atoms with Gasteiger partial charge in [-0.1, -0.05) is 39.3 Å². The summed E-state index contributed by atoms with van der Waals surface area (Å²) in [5.74, 6) is -1.46. The molecule has 6 atom stereocenters. The van der Waals surface area contributed by atoms with Gasteiger partial charge in [-0.2, -0.15) is 0 Å². The van der Waals surface area contributed by atoms with Crippen molar-refractivity contribution in [2.24, 2.45) is 22.2 Å². The minimum atomic E-state index is -1.49. The number of allylic oxidation sites excluding steroid dienone is 2. The molecule has 52 heavy (non-hydrogen) atoms. The molecule has 1 aromatic heterocycles. The van der Waals surface area contributed by atoms with Crippen LogP contribution in [0.1, 0.15) is 85.5 Å². The van der Waals surface area contributed by atoms with Crippen LogP contribution in [0.2, 0.25) is 0 Å². The predicted molar refractivity (Wildman–Crippen MR) is 193 cm³/mol. The van der Waals surface area contributed by atoms with Gasteiger partial charge in [-0.25, -0.2) is 14.6 Å². The number of aromatic amines is 1. The van der Waals surface area contributed by atoms with Crippen LogP contribution in [0.25, 0.3) is 0 Å². The maximum Gasteiger partial charge on any atom is 0.334 e. The number of carbonyl (C=O) groups excluding carboxylic acids is 3. The summed E-state index contributed by atoms with van der Waals surface area (Å²) in [6.07, 6.45) is 5.08. The molecule has 4 aliphatic rings. The van der Waals surface area contributed by atoms with E-state index in [1.54, 1.807) is 6.92 Å². The number of nitrogens with zero attached hydrogens (tertiary/aromatic N) is 1. The first-order chi connectivity index (χ1) is 24.7. The highest BCUT2D eigenvalue weighted by atomic mass is 16.6. The molecule has 4 bridgehead atoms. The first-order valence-corrected chi connectivity index (χ1v) is 18.4. The highest BCUT2D eigenvalue weighted by molar-refractivity contribution is 5.97. The summed E-state index contributed by atoms with van der Waals surface area (Å²) in [6, 6.07) is 3.27. The molecule has 0 aliphatic carbocycles. The van der Waals surface area contributed by atoms with Gasteiger partial charge in [0.2, 0.25) is 5.90 Å². The van der Waals surface area contributed by atoms with Gasteiger partial charge in [-0.3, -0.25) is 4.79 Å². The summed E-state index contributed by atoms with van der Waals surface area (Å²) in [6.45, 7) is 13.3. The Morgan fingerprint density at radius 3 is 2.56 bits per heavy atom. The van der Waals surface area contributed by atoms with E-state index in [1.165, 1.54) is 6.92 Å². The van der Waals surface area contributed by atoms with Crippen LogP contribution in [0, 0.1) is 17.3 Å². The number of fused-ring (bicyclic) bond motifs is 6. The Labute approximate surface area is 306 Å². The van der Waals surface area contributed by atoms with Crippen LogP contribution in [0.15, 0.2) is 63.2 Å². The lowest BCUT2D eigenvalue weighted by Crippen LogP contribution is -2.43. The Morgan fingerprint density at radius 2 is 1.87 bits per heavy atom. The number of aliphatic hydroxyl groups is 2. The first-order valence-electron chi connectivity index (χ1n) is 18.4. The predicted octanol–water partition coefficient (Wildman–Crippen LogP) is 4.84. The van der Waals surface area contributed by atoms with Crippen molar-refractivity contribution >= 4 is 23.8 Å². The number of esters is 3. The third-order valence-corrected chi connectivity index (χ3v) is 10.1. The maximum atomic E-state index is 13.7. The summed E-state index contributed by atoms with van der Waals surface area (Å²) in [5, 5.41) is 19.7. The quantitative estimate of drug-likeness (QED) is 0.182. The van der Waals surface area contributed by atoms with Crippen LogP contribution in [-0.4, -0.2) is 95.9 Å². The highest BCUT2D eigenvalue weighted by Gasteiger charge is 2.57. The molecule has 0 amide bonds. The molecule has 0 saturated carbocycles. The van der Waals surface area contributed by atoms with Gasteiger partial charge in [0.05, 0.1) is 19.3 Å². The number of hydrogen-bond acceptors (Lipinski definition) is 11. The van der Waals surface area contributed by atoms with Gasteiger partial charge >= 0.3 is 17.9 Å². The fraction of sp³-hybridized carbons (Fsp3) is 0.600. The number of ether oxygens (including phenoxy) is 5. The van der Waals surface area contributed by atoms with Crippen LogP contribution in [0.3, 0.4) is 0 Å². The van der Waals surface area contributed by atoms with E-state index in [0.29, 0.717) is 42.5 Å². The van der Waals surface area contributed by atoms with E-state index < -0.39 is 54.3 Å². The number of cyclic esters (lactones) is 1. The molecule has 5 heterocycles. The highest BCUT2D eigenvalue weighted by Crippen LogP contribution is 2.40. The summed E-state index contributed by atoms with van der Waals surface area (Å²) in [7, 11) is 0. The van der Waals surface area contributed by atoms with Crippen LogP contribution >= 0.6 is 0 Å². The molecule has 12 nitrogen and oxygen atoms in total. The van der Waals surface area contributed by atoms with Gasteiger partial charge in [-0.05, 0) is 93.2 Å². The second-order valence-electron chi connectivity index (χ2n) is 15.4. The monoisotopic (exact) mass is 722 g/mol. The molecule has 0 spiro atoms. The second-order valence-corrected chi connectivity index (χ2v) is 15.4. The molecule has 2 saturated heterocycles. The molecule has 5 rings (SSSR count). The number of H-pyrrole nitrogens is 1.